The van der Waals surface area contributed by atoms with Crippen LogP contribution in [0.4, 0.5) is 19.3 Å². The van der Waals surface area contributed by atoms with E-state index < -0.39 is 11.9 Å². The van der Waals surface area contributed by atoms with Crippen molar-refractivity contribution in [2.45, 2.75) is 19.1 Å². The highest BCUT2D eigenvalue weighted by molar-refractivity contribution is 5.89. The minimum Gasteiger partial charge on any atom is -0.486 e. The molecule has 25 heavy (non-hydrogen) atoms. The van der Waals surface area contributed by atoms with Crippen LogP contribution in [0.25, 0.3) is 0 Å². The number of likely N-dealkylation sites (tertiary alicyclic amines) is 1. The topological polar surface area (TPSA) is 61.8 Å². The number of halogens is 2. The molecule has 132 valence electrons. The van der Waals surface area contributed by atoms with Crippen LogP contribution in [0.2, 0.25) is 0 Å². The largest absolute Gasteiger partial charge is 0.486 e. The number of nitrogens with one attached hydrogen (secondary N) is 1. The zero-order valence-electron chi connectivity index (χ0n) is 13.4. The number of ether oxygens (including phenoxy) is 1. The first kappa shape index (κ1) is 17.2. The lowest BCUT2D eigenvalue weighted by molar-refractivity contribution is 0.176. The lowest BCUT2D eigenvalue weighted by Gasteiger charge is -2.17. The van der Waals surface area contributed by atoms with Gasteiger partial charge in [-0.25, -0.2) is 13.6 Å². The van der Waals surface area contributed by atoms with Gasteiger partial charge in [-0.15, -0.1) is 0 Å². The molecule has 0 spiro atoms. The van der Waals surface area contributed by atoms with Crippen molar-refractivity contribution in [2.75, 3.05) is 18.4 Å². The van der Waals surface area contributed by atoms with E-state index in [9.17, 15) is 18.7 Å². The number of amides is 2. The van der Waals surface area contributed by atoms with Gasteiger partial charge in [0.1, 0.15) is 12.4 Å². The van der Waals surface area contributed by atoms with Crippen molar-refractivity contribution in [2.24, 2.45) is 0 Å². The summed E-state index contributed by atoms with van der Waals surface area (Å²) in [7, 11) is 0. The smallest absolute Gasteiger partial charge is 0.321 e. The Bertz CT molecular complexity index is 770. The lowest BCUT2D eigenvalue weighted by Crippen LogP contribution is -2.33. The van der Waals surface area contributed by atoms with Crippen LogP contribution in [0, 0.1) is 11.6 Å². The Labute approximate surface area is 143 Å². The summed E-state index contributed by atoms with van der Waals surface area (Å²) in [4.78, 5) is 13.5. The highest BCUT2D eigenvalue weighted by Crippen LogP contribution is 2.23. The number of carbonyl (C=O) groups is 1. The molecule has 7 heteroatoms. The van der Waals surface area contributed by atoms with Crippen LogP contribution in [-0.4, -0.2) is 35.2 Å². The SMILES string of the molecule is O=C(Nc1ccc(OCc2cccc(F)c2)c(F)c1)N1CC[C@H](O)C1. The zero-order valence-corrected chi connectivity index (χ0v) is 13.4. The van der Waals surface area contributed by atoms with Crippen molar-refractivity contribution in [3.63, 3.8) is 0 Å². The van der Waals surface area contributed by atoms with Gasteiger partial charge in [0.2, 0.25) is 0 Å². The van der Waals surface area contributed by atoms with Gasteiger partial charge in [-0.1, -0.05) is 12.1 Å². The number of aliphatic hydroxyl groups excluding tert-OH is 1. The lowest BCUT2D eigenvalue weighted by atomic mass is 10.2. The number of nitrogens with zero attached hydrogens (tertiary/aromatic N) is 1. The number of rotatable bonds is 4. The number of β-amino-alcohol motifs (C(OH)–C–C–N with tert-alkyl or cyclic N) is 1. The molecule has 5 nitrogen and oxygen atoms in total. The molecule has 0 saturated carbocycles. The van der Waals surface area contributed by atoms with Crippen molar-refractivity contribution < 1.29 is 23.4 Å². The van der Waals surface area contributed by atoms with Crippen molar-refractivity contribution in [3.05, 3.63) is 59.7 Å². The minimum atomic E-state index is -0.629. The van der Waals surface area contributed by atoms with E-state index >= 15 is 0 Å². The van der Waals surface area contributed by atoms with Gasteiger partial charge in [0.15, 0.2) is 11.6 Å². The van der Waals surface area contributed by atoms with E-state index in [1.165, 1.54) is 29.2 Å². The maximum absolute atomic E-state index is 14.1. The van der Waals surface area contributed by atoms with Crippen LogP contribution in [0.3, 0.4) is 0 Å². The summed E-state index contributed by atoms with van der Waals surface area (Å²) in [5, 5.41) is 12.0. The number of benzene rings is 2. The first-order valence-corrected chi connectivity index (χ1v) is 7.92. The summed E-state index contributed by atoms with van der Waals surface area (Å²) in [6, 6.07) is 9.57. The summed E-state index contributed by atoms with van der Waals surface area (Å²) < 4.78 is 32.6. The third kappa shape index (κ3) is 4.45. The molecule has 0 radical (unpaired) electrons. The highest BCUT2D eigenvalue weighted by atomic mass is 19.1. The number of carbonyl (C=O) groups excluding carboxylic acids is 1. The van der Waals surface area contributed by atoms with Gasteiger partial charge in [-0.3, -0.25) is 0 Å². The molecular formula is C18H18F2N2O3. The van der Waals surface area contributed by atoms with E-state index in [1.807, 2.05) is 0 Å². The second-order valence-corrected chi connectivity index (χ2v) is 5.88. The molecule has 0 bridgehead atoms. The predicted octanol–water partition coefficient (Wildman–Crippen LogP) is 3.14. The molecule has 1 aliphatic rings. The second-order valence-electron chi connectivity index (χ2n) is 5.88. The second kappa shape index (κ2) is 7.48. The van der Waals surface area contributed by atoms with Crippen molar-refractivity contribution >= 4 is 11.7 Å². The molecular weight excluding hydrogens is 330 g/mol. The standard InChI is InChI=1S/C18H18F2N2O3/c19-13-3-1-2-12(8-13)11-25-17-5-4-14(9-16(17)20)21-18(24)22-7-6-15(23)10-22/h1-5,8-9,15,23H,6-7,10-11H2,(H,21,24)/t15-/m0/s1. The first-order valence-electron chi connectivity index (χ1n) is 7.92. The van der Waals surface area contributed by atoms with Gasteiger partial charge in [0, 0.05) is 24.8 Å². The maximum Gasteiger partial charge on any atom is 0.321 e. The van der Waals surface area contributed by atoms with Crippen LogP contribution in [-0.2, 0) is 6.61 Å². The quantitative estimate of drug-likeness (QED) is 0.892. The number of anilines is 1. The predicted molar refractivity (Wildman–Crippen MR) is 88.3 cm³/mol. The Morgan fingerprint density at radius 2 is 2.12 bits per heavy atom. The molecule has 0 aromatic heterocycles. The molecule has 0 unspecified atom stereocenters. The highest BCUT2D eigenvalue weighted by Gasteiger charge is 2.24. The molecule has 1 aliphatic heterocycles. The third-order valence-corrected chi connectivity index (χ3v) is 3.92. The number of aliphatic hydroxyl groups is 1. The van der Waals surface area contributed by atoms with Gasteiger partial charge in [0.05, 0.1) is 6.10 Å². The normalized spacial score (nSPS) is 16.8. The molecule has 2 aromatic rings. The van der Waals surface area contributed by atoms with E-state index in [2.05, 4.69) is 5.32 Å². The Morgan fingerprint density at radius 3 is 2.80 bits per heavy atom. The molecule has 2 aromatic carbocycles. The number of hydrogen-bond donors (Lipinski definition) is 2. The number of hydrogen-bond acceptors (Lipinski definition) is 3. The van der Waals surface area contributed by atoms with Crippen LogP contribution in [0.5, 0.6) is 5.75 Å². The van der Waals surface area contributed by atoms with Crippen LogP contribution >= 0.6 is 0 Å². The fraction of sp³-hybridized carbons (Fsp3) is 0.278. The molecule has 1 atom stereocenters. The van der Waals surface area contributed by atoms with Crippen molar-refractivity contribution in [1.29, 1.82) is 0 Å². The monoisotopic (exact) mass is 348 g/mol. The van der Waals surface area contributed by atoms with E-state index in [4.69, 9.17) is 4.74 Å². The minimum absolute atomic E-state index is 0.0128. The van der Waals surface area contributed by atoms with Gasteiger partial charge in [0.25, 0.3) is 0 Å². The zero-order chi connectivity index (χ0) is 17.8. The molecule has 0 aliphatic carbocycles. The Balaban J connectivity index is 1.59. The Morgan fingerprint density at radius 1 is 1.28 bits per heavy atom. The van der Waals surface area contributed by atoms with E-state index in [0.717, 1.165) is 6.07 Å². The van der Waals surface area contributed by atoms with E-state index in [0.29, 0.717) is 24.2 Å². The van der Waals surface area contributed by atoms with Crippen LogP contribution < -0.4 is 10.1 Å². The first-order chi connectivity index (χ1) is 12.0. The maximum atomic E-state index is 14.1. The summed E-state index contributed by atoms with van der Waals surface area (Å²) in [5.74, 6) is -0.999. The summed E-state index contributed by atoms with van der Waals surface area (Å²) in [6.45, 7) is 0.763. The van der Waals surface area contributed by atoms with Crippen molar-refractivity contribution in [3.8, 4) is 5.75 Å². The third-order valence-electron chi connectivity index (χ3n) is 3.92. The fourth-order valence-electron chi connectivity index (χ4n) is 2.61. The molecule has 1 fully saturated rings. The molecule has 1 saturated heterocycles. The van der Waals surface area contributed by atoms with Gasteiger partial charge in [-0.2, -0.15) is 0 Å². The summed E-state index contributed by atoms with van der Waals surface area (Å²) in [5.41, 5.74) is 0.881. The summed E-state index contributed by atoms with van der Waals surface area (Å²) in [6.07, 6.45) is 0.0235. The average molecular weight is 348 g/mol. The Hall–Kier alpha value is -2.67. The fourth-order valence-corrected chi connectivity index (χ4v) is 2.61. The summed E-state index contributed by atoms with van der Waals surface area (Å²) >= 11 is 0. The average Bonchev–Trinajstić information content (AvgIpc) is 3.01. The van der Waals surface area contributed by atoms with E-state index in [1.54, 1.807) is 12.1 Å². The van der Waals surface area contributed by atoms with Gasteiger partial charge < -0.3 is 20.1 Å². The van der Waals surface area contributed by atoms with E-state index in [-0.39, 0.29) is 30.7 Å². The van der Waals surface area contributed by atoms with Crippen LogP contribution in [0.15, 0.2) is 42.5 Å². The van der Waals surface area contributed by atoms with Crippen molar-refractivity contribution in [1.82, 2.24) is 4.90 Å². The Kier molecular flexibility index (Phi) is 5.14. The van der Waals surface area contributed by atoms with Gasteiger partial charge >= 0.3 is 6.03 Å². The molecule has 3 rings (SSSR count). The van der Waals surface area contributed by atoms with Crippen LogP contribution in [0.1, 0.15) is 12.0 Å². The number of urea groups is 1. The molecule has 2 amide bonds. The van der Waals surface area contributed by atoms with Gasteiger partial charge in [-0.05, 0) is 36.2 Å². The molecule has 1 heterocycles. The molecule has 2 N–H and O–H groups in total.